The molecule has 3 aromatic rings. The van der Waals surface area contributed by atoms with Crippen LogP contribution in [0, 0.1) is 20.8 Å². The maximum atomic E-state index is 6.15. The number of hydrogen-bond acceptors (Lipinski definition) is 4. The van der Waals surface area contributed by atoms with E-state index in [-0.39, 0.29) is 6.10 Å². The zero-order valence-electron chi connectivity index (χ0n) is 18.6. The van der Waals surface area contributed by atoms with E-state index in [9.17, 15) is 0 Å². The zero-order chi connectivity index (χ0) is 21.1. The van der Waals surface area contributed by atoms with Crippen LogP contribution in [-0.2, 0) is 24.2 Å². The van der Waals surface area contributed by atoms with Crippen LogP contribution in [-0.4, -0.2) is 39.4 Å². The zero-order valence-corrected chi connectivity index (χ0v) is 18.6. The van der Waals surface area contributed by atoms with Gasteiger partial charge in [-0.25, -0.2) is 0 Å². The number of hydrogen-bond donors (Lipinski definition) is 0. The Morgan fingerprint density at radius 1 is 1.10 bits per heavy atom. The van der Waals surface area contributed by atoms with Crippen molar-refractivity contribution in [2.24, 2.45) is 0 Å². The number of nitrogens with zero attached hydrogens (tertiary/aromatic N) is 4. The van der Waals surface area contributed by atoms with Gasteiger partial charge in [0.2, 0.25) is 0 Å². The molecule has 0 amide bonds. The second-order valence-electron chi connectivity index (χ2n) is 8.33. The Morgan fingerprint density at radius 3 is 2.70 bits per heavy atom. The highest BCUT2D eigenvalue weighted by atomic mass is 16.5. The highest BCUT2D eigenvalue weighted by Crippen LogP contribution is 2.25. The molecule has 1 atom stereocenters. The average Bonchev–Trinajstić information content (AvgIpc) is 3.09. The Balaban J connectivity index is 1.49. The average molecular weight is 405 g/mol. The summed E-state index contributed by atoms with van der Waals surface area (Å²) in [5, 5.41) is 4.59. The molecule has 0 unspecified atom stereocenters. The lowest BCUT2D eigenvalue weighted by Crippen LogP contribution is -2.38. The predicted molar refractivity (Wildman–Crippen MR) is 120 cm³/mol. The van der Waals surface area contributed by atoms with E-state index in [4.69, 9.17) is 9.72 Å². The van der Waals surface area contributed by atoms with Crippen LogP contribution in [0.2, 0.25) is 0 Å². The summed E-state index contributed by atoms with van der Waals surface area (Å²) in [5.41, 5.74) is 8.51. The lowest BCUT2D eigenvalue weighted by Gasteiger charge is -2.32. The van der Waals surface area contributed by atoms with E-state index in [1.807, 2.05) is 4.68 Å². The molecule has 0 aliphatic carbocycles. The Labute approximate surface area is 179 Å². The normalized spacial score (nSPS) is 17.4. The lowest BCUT2D eigenvalue weighted by atomic mass is 9.99. The number of benzene rings is 1. The number of morpholine rings is 1. The molecule has 0 N–H and O–H groups in total. The van der Waals surface area contributed by atoms with Gasteiger partial charge < -0.3 is 4.74 Å². The quantitative estimate of drug-likeness (QED) is 0.611. The molecule has 3 heterocycles. The van der Waals surface area contributed by atoms with Gasteiger partial charge in [-0.1, -0.05) is 24.3 Å². The number of aryl methyl sites for hydroxylation is 4. The molecule has 0 radical (unpaired) electrons. The summed E-state index contributed by atoms with van der Waals surface area (Å²) < 4.78 is 8.16. The maximum absolute atomic E-state index is 6.15. The van der Waals surface area contributed by atoms with Gasteiger partial charge in [0.15, 0.2) is 0 Å². The molecule has 1 saturated heterocycles. The molecule has 0 spiro atoms. The highest BCUT2D eigenvalue weighted by Gasteiger charge is 2.24. The molecule has 1 aliphatic rings. The van der Waals surface area contributed by atoms with Crippen molar-refractivity contribution in [2.45, 2.75) is 53.3 Å². The van der Waals surface area contributed by atoms with E-state index in [1.165, 1.54) is 22.3 Å². The first-order chi connectivity index (χ1) is 14.5. The van der Waals surface area contributed by atoms with Gasteiger partial charge in [0.25, 0.3) is 0 Å². The predicted octanol–water partition coefficient (Wildman–Crippen LogP) is 4.39. The van der Waals surface area contributed by atoms with E-state index in [2.05, 4.69) is 80.3 Å². The molecule has 0 saturated carbocycles. The van der Waals surface area contributed by atoms with Gasteiger partial charge in [0.05, 0.1) is 18.0 Å². The largest absolute Gasteiger partial charge is 0.369 e. The first kappa shape index (κ1) is 20.8. The van der Waals surface area contributed by atoms with Crippen molar-refractivity contribution >= 4 is 0 Å². The third-order valence-electron chi connectivity index (χ3n) is 5.94. The number of rotatable bonds is 6. The van der Waals surface area contributed by atoms with E-state index < -0.39 is 0 Å². The third kappa shape index (κ3) is 4.79. The van der Waals surface area contributed by atoms with Crippen LogP contribution in [0.25, 0.3) is 0 Å². The monoisotopic (exact) mass is 404 g/mol. The Kier molecular flexibility index (Phi) is 6.30. The molecule has 1 aliphatic heterocycles. The second-order valence-corrected chi connectivity index (χ2v) is 8.33. The fourth-order valence-electron chi connectivity index (χ4n) is 4.21. The second kappa shape index (κ2) is 9.11. The summed E-state index contributed by atoms with van der Waals surface area (Å²) in [7, 11) is 0. The van der Waals surface area contributed by atoms with Crippen molar-refractivity contribution in [3.63, 3.8) is 0 Å². The topological polar surface area (TPSA) is 43.2 Å². The van der Waals surface area contributed by atoms with Crippen LogP contribution in [0.1, 0.15) is 52.4 Å². The summed E-state index contributed by atoms with van der Waals surface area (Å²) in [6.07, 6.45) is 3.11. The number of aromatic nitrogens is 3. The summed E-state index contributed by atoms with van der Waals surface area (Å²) in [6.45, 7) is 12.8. The van der Waals surface area contributed by atoms with Gasteiger partial charge in [-0.15, -0.1) is 0 Å². The number of pyridine rings is 1. The minimum absolute atomic E-state index is 0.01000. The fourth-order valence-corrected chi connectivity index (χ4v) is 4.21. The van der Waals surface area contributed by atoms with Gasteiger partial charge in [0.1, 0.15) is 6.10 Å². The van der Waals surface area contributed by atoms with Crippen LogP contribution in [0.15, 0.2) is 42.6 Å². The van der Waals surface area contributed by atoms with E-state index >= 15 is 0 Å². The van der Waals surface area contributed by atoms with Gasteiger partial charge in [0, 0.05) is 43.6 Å². The van der Waals surface area contributed by atoms with Gasteiger partial charge in [-0.2, -0.15) is 5.10 Å². The van der Waals surface area contributed by atoms with Crippen LogP contribution >= 0.6 is 0 Å². The van der Waals surface area contributed by atoms with Crippen molar-refractivity contribution in [1.29, 1.82) is 0 Å². The molecule has 30 heavy (non-hydrogen) atoms. The molecule has 1 fully saturated rings. The summed E-state index contributed by atoms with van der Waals surface area (Å²) >= 11 is 0. The standard InChI is InChI=1S/C25H32N4O/c1-5-29-16-23(20(4)27-29)15-28-10-11-30-25(17-28)24-14-21(12-19(3)26-24)13-22-9-7-6-8-18(22)2/h6-9,12,14,16,25H,5,10-11,13,15,17H2,1-4H3/t25-/m0/s1. The molecule has 158 valence electrons. The Bertz CT molecular complexity index is 1010. The highest BCUT2D eigenvalue weighted by molar-refractivity contribution is 5.33. The van der Waals surface area contributed by atoms with Gasteiger partial charge in [-0.3, -0.25) is 14.6 Å². The molecule has 2 aromatic heterocycles. The summed E-state index contributed by atoms with van der Waals surface area (Å²) in [5.74, 6) is 0. The van der Waals surface area contributed by atoms with Gasteiger partial charge >= 0.3 is 0 Å². The van der Waals surface area contributed by atoms with Crippen LogP contribution < -0.4 is 0 Å². The fraction of sp³-hybridized carbons (Fsp3) is 0.440. The Hall–Kier alpha value is -2.50. The molecule has 5 nitrogen and oxygen atoms in total. The molecule has 1 aromatic carbocycles. The van der Waals surface area contributed by atoms with Crippen LogP contribution in [0.5, 0.6) is 0 Å². The van der Waals surface area contributed by atoms with Crippen molar-refractivity contribution in [2.75, 3.05) is 19.7 Å². The van der Waals surface area contributed by atoms with Crippen LogP contribution in [0.3, 0.4) is 0 Å². The van der Waals surface area contributed by atoms with E-state index in [0.717, 1.165) is 56.3 Å². The molecular weight excluding hydrogens is 372 g/mol. The Morgan fingerprint density at radius 2 is 1.93 bits per heavy atom. The van der Waals surface area contributed by atoms with Crippen molar-refractivity contribution in [3.8, 4) is 0 Å². The van der Waals surface area contributed by atoms with Gasteiger partial charge in [-0.05, 0) is 62.9 Å². The van der Waals surface area contributed by atoms with E-state index in [0.29, 0.717) is 0 Å². The van der Waals surface area contributed by atoms with Crippen molar-refractivity contribution in [1.82, 2.24) is 19.7 Å². The minimum atomic E-state index is 0.01000. The first-order valence-electron chi connectivity index (χ1n) is 10.9. The minimum Gasteiger partial charge on any atom is -0.369 e. The smallest absolute Gasteiger partial charge is 0.112 e. The molecule has 0 bridgehead atoms. The molecule has 5 heteroatoms. The van der Waals surface area contributed by atoms with E-state index in [1.54, 1.807) is 0 Å². The molecule has 4 rings (SSSR count). The third-order valence-corrected chi connectivity index (χ3v) is 5.94. The first-order valence-corrected chi connectivity index (χ1v) is 10.9. The number of ether oxygens (including phenoxy) is 1. The summed E-state index contributed by atoms with van der Waals surface area (Å²) in [6, 6.07) is 13.0. The SMILES string of the molecule is CCn1cc(CN2CCO[C@H](c3cc(Cc4ccccc4C)cc(C)n3)C2)c(C)n1. The van der Waals surface area contributed by atoms with Crippen molar-refractivity contribution in [3.05, 3.63) is 81.9 Å². The van der Waals surface area contributed by atoms with Crippen molar-refractivity contribution < 1.29 is 4.74 Å². The summed E-state index contributed by atoms with van der Waals surface area (Å²) in [4.78, 5) is 7.29. The lowest BCUT2D eigenvalue weighted by molar-refractivity contribution is -0.0351. The molecular formula is C25H32N4O. The maximum Gasteiger partial charge on any atom is 0.112 e. The van der Waals surface area contributed by atoms with Crippen LogP contribution in [0.4, 0.5) is 0 Å².